The molecule has 1 heterocycles. The van der Waals surface area contributed by atoms with Crippen LogP contribution in [-0.2, 0) is 24.3 Å². The first-order valence-electron chi connectivity index (χ1n) is 8.36. The molecular weight excluding hydrogens is 369 g/mol. The van der Waals surface area contributed by atoms with Gasteiger partial charge in [-0.25, -0.2) is 0 Å². The lowest BCUT2D eigenvalue weighted by molar-refractivity contribution is -0.121. The van der Waals surface area contributed by atoms with E-state index in [9.17, 15) is 4.79 Å². The maximum Gasteiger partial charge on any atom is 0.220 e. The molecule has 4 nitrogen and oxygen atoms in total. The Labute approximate surface area is 162 Å². The van der Waals surface area contributed by atoms with Crippen LogP contribution in [0.1, 0.15) is 23.1 Å². The fourth-order valence-electron chi connectivity index (χ4n) is 2.62. The van der Waals surface area contributed by atoms with Gasteiger partial charge in [-0.2, -0.15) is 5.10 Å². The molecule has 0 unspecified atom stereocenters. The molecule has 0 bridgehead atoms. The maximum atomic E-state index is 12.1. The Kier molecular flexibility index (Phi) is 6.31. The summed E-state index contributed by atoms with van der Waals surface area (Å²) in [6.45, 7) is 1.24. The number of hydrogen-bond acceptors (Lipinski definition) is 2. The number of rotatable bonds is 7. The van der Waals surface area contributed by atoms with Crippen molar-refractivity contribution < 1.29 is 4.79 Å². The molecule has 134 valence electrons. The van der Waals surface area contributed by atoms with E-state index in [1.807, 2.05) is 41.2 Å². The number of aromatic nitrogens is 2. The third-order valence-electron chi connectivity index (χ3n) is 4.07. The largest absolute Gasteiger partial charge is 0.352 e. The normalized spacial score (nSPS) is 10.7. The molecule has 3 aromatic rings. The van der Waals surface area contributed by atoms with Crippen LogP contribution in [0.5, 0.6) is 0 Å². The fourth-order valence-corrected chi connectivity index (χ4v) is 3.04. The number of carbonyl (C=O) groups is 1. The van der Waals surface area contributed by atoms with E-state index in [-0.39, 0.29) is 5.91 Å². The van der Waals surface area contributed by atoms with E-state index < -0.39 is 0 Å². The molecule has 0 fully saturated rings. The van der Waals surface area contributed by atoms with Gasteiger partial charge in [-0.1, -0.05) is 59.6 Å². The van der Waals surface area contributed by atoms with Crippen LogP contribution in [-0.4, -0.2) is 15.7 Å². The Morgan fingerprint density at radius 1 is 1.04 bits per heavy atom. The number of nitrogens with zero attached hydrogens (tertiary/aromatic N) is 2. The van der Waals surface area contributed by atoms with Gasteiger partial charge in [0, 0.05) is 25.4 Å². The smallest absolute Gasteiger partial charge is 0.220 e. The summed E-state index contributed by atoms with van der Waals surface area (Å²) in [5.74, 6) is -0.0124. The molecule has 0 aliphatic rings. The van der Waals surface area contributed by atoms with Gasteiger partial charge in [-0.15, -0.1) is 0 Å². The predicted molar refractivity (Wildman–Crippen MR) is 104 cm³/mol. The molecule has 2 aromatic carbocycles. The van der Waals surface area contributed by atoms with Crippen molar-refractivity contribution in [3.05, 3.63) is 87.7 Å². The minimum absolute atomic E-state index is 0.0124. The standard InChI is InChI=1S/C20H19Cl2N3O/c21-18-4-1-3-17(20(18)22)9-10-19(26)23-13-15-5-7-16(8-6-15)14-25-12-2-11-24-25/h1-8,11-12H,9-10,13-14H2,(H,23,26). The summed E-state index contributed by atoms with van der Waals surface area (Å²) < 4.78 is 1.87. The summed E-state index contributed by atoms with van der Waals surface area (Å²) >= 11 is 12.1. The monoisotopic (exact) mass is 387 g/mol. The van der Waals surface area contributed by atoms with Crippen molar-refractivity contribution in [2.75, 3.05) is 0 Å². The Morgan fingerprint density at radius 3 is 2.54 bits per heavy atom. The van der Waals surface area contributed by atoms with Crippen LogP contribution >= 0.6 is 23.2 Å². The van der Waals surface area contributed by atoms with E-state index in [0.717, 1.165) is 17.7 Å². The zero-order valence-electron chi connectivity index (χ0n) is 14.2. The molecule has 0 aliphatic heterocycles. The number of carbonyl (C=O) groups excluding carboxylic acids is 1. The predicted octanol–water partition coefficient (Wildman–Crippen LogP) is 4.49. The minimum Gasteiger partial charge on any atom is -0.352 e. The van der Waals surface area contributed by atoms with Gasteiger partial charge in [-0.05, 0) is 35.2 Å². The second kappa shape index (κ2) is 8.88. The highest BCUT2D eigenvalue weighted by Gasteiger charge is 2.07. The second-order valence-corrected chi connectivity index (χ2v) is 6.79. The van der Waals surface area contributed by atoms with Crippen molar-refractivity contribution in [2.45, 2.75) is 25.9 Å². The van der Waals surface area contributed by atoms with Gasteiger partial charge >= 0.3 is 0 Å². The van der Waals surface area contributed by atoms with Gasteiger partial charge < -0.3 is 5.32 Å². The molecule has 0 saturated heterocycles. The molecule has 26 heavy (non-hydrogen) atoms. The highest BCUT2D eigenvalue weighted by atomic mass is 35.5. The van der Waals surface area contributed by atoms with Crippen LogP contribution in [0.4, 0.5) is 0 Å². The lowest BCUT2D eigenvalue weighted by Crippen LogP contribution is -2.23. The van der Waals surface area contributed by atoms with Crippen molar-refractivity contribution in [2.24, 2.45) is 0 Å². The van der Waals surface area contributed by atoms with Crippen molar-refractivity contribution in [3.8, 4) is 0 Å². The van der Waals surface area contributed by atoms with E-state index in [1.54, 1.807) is 12.3 Å². The molecule has 6 heteroatoms. The highest BCUT2D eigenvalue weighted by molar-refractivity contribution is 6.42. The summed E-state index contributed by atoms with van der Waals surface area (Å²) in [7, 11) is 0. The first-order valence-corrected chi connectivity index (χ1v) is 9.12. The second-order valence-electron chi connectivity index (χ2n) is 6.01. The van der Waals surface area contributed by atoms with Gasteiger partial charge in [0.15, 0.2) is 0 Å². The van der Waals surface area contributed by atoms with Crippen molar-refractivity contribution in [1.82, 2.24) is 15.1 Å². The van der Waals surface area contributed by atoms with E-state index in [1.165, 1.54) is 5.56 Å². The molecule has 1 amide bonds. The minimum atomic E-state index is -0.0124. The zero-order valence-corrected chi connectivity index (χ0v) is 15.7. The van der Waals surface area contributed by atoms with Gasteiger partial charge in [0.1, 0.15) is 0 Å². The number of hydrogen-bond donors (Lipinski definition) is 1. The van der Waals surface area contributed by atoms with Crippen LogP contribution in [0, 0.1) is 0 Å². The maximum absolute atomic E-state index is 12.1. The van der Waals surface area contributed by atoms with Crippen LogP contribution < -0.4 is 5.32 Å². The van der Waals surface area contributed by atoms with Crippen LogP contribution in [0.15, 0.2) is 60.9 Å². The Balaban J connectivity index is 1.46. The first-order chi connectivity index (χ1) is 12.6. The van der Waals surface area contributed by atoms with Gasteiger partial charge in [0.2, 0.25) is 5.91 Å². The third kappa shape index (κ3) is 5.10. The number of aryl methyl sites for hydroxylation is 1. The van der Waals surface area contributed by atoms with Crippen LogP contribution in [0.25, 0.3) is 0 Å². The Bertz CT molecular complexity index is 861. The zero-order chi connectivity index (χ0) is 18.4. The van der Waals surface area contributed by atoms with Crippen molar-refractivity contribution in [1.29, 1.82) is 0 Å². The SMILES string of the molecule is O=C(CCc1cccc(Cl)c1Cl)NCc1ccc(Cn2cccn2)cc1. The van der Waals surface area contributed by atoms with E-state index >= 15 is 0 Å². The lowest BCUT2D eigenvalue weighted by Gasteiger charge is -2.08. The fraction of sp³-hybridized carbons (Fsp3) is 0.200. The molecule has 0 radical (unpaired) electrons. The molecule has 0 saturated carbocycles. The lowest BCUT2D eigenvalue weighted by atomic mass is 10.1. The molecule has 0 atom stereocenters. The number of amides is 1. The number of halogens is 2. The average Bonchev–Trinajstić information content (AvgIpc) is 3.15. The van der Waals surface area contributed by atoms with E-state index in [0.29, 0.717) is 29.4 Å². The highest BCUT2D eigenvalue weighted by Crippen LogP contribution is 2.26. The third-order valence-corrected chi connectivity index (χ3v) is 4.93. The summed E-state index contributed by atoms with van der Waals surface area (Å²) in [4.78, 5) is 12.1. The molecule has 0 aliphatic carbocycles. The summed E-state index contributed by atoms with van der Waals surface area (Å²) in [5, 5.41) is 8.16. The number of benzene rings is 2. The Hall–Kier alpha value is -2.30. The van der Waals surface area contributed by atoms with Gasteiger partial charge in [-0.3, -0.25) is 9.48 Å². The average molecular weight is 388 g/mol. The summed E-state index contributed by atoms with van der Waals surface area (Å²) in [5.41, 5.74) is 3.11. The topological polar surface area (TPSA) is 46.9 Å². The van der Waals surface area contributed by atoms with Gasteiger partial charge in [0.05, 0.1) is 16.6 Å². The van der Waals surface area contributed by atoms with E-state index in [4.69, 9.17) is 23.2 Å². The molecule has 1 aromatic heterocycles. The van der Waals surface area contributed by atoms with Crippen LogP contribution in [0.2, 0.25) is 10.0 Å². The van der Waals surface area contributed by atoms with Crippen molar-refractivity contribution >= 4 is 29.1 Å². The number of nitrogens with one attached hydrogen (secondary N) is 1. The Morgan fingerprint density at radius 2 is 1.81 bits per heavy atom. The molecule has 3 rings (SSSR count). The quantitative estimate of drug-likeness (QED) is 0.649. The van der Waals surface area contributed by atoms with Gasteiger partial charge in [0.25, 0.3) is 0 Å². The van der Waals surface area contributed by atoms with Crippen LogP contribution in [0.3, 0.4) is 0 Å². The molecular formula is C20H19Cl2N3O. The summed E-state index contributed by atoms with van der Waals surface area (Å²) in [6.07, 6.45) is 4.63. The van der Waals surface area contributed by atoms with E-state index in [2.05, 4.69) is 22.5 Å². The summed E-state index contributed by atoms with van der Waals surface area (Å²) in [6, 6.07) is 15.5. The van der Waals surface area contributed by atoms with Crippen molar-refractivity contribution in [3.63, 3.8) is 0 Å². The molecule has 1 N–H and O–H groups in total. The first kappa shape index (κ1) is 18.5. The molecule has 0 spiro atoms.